The van der Waals surface area contributed by atoms with Gasteiger partial charge in [0.05, 0.1) is 23.1 Å². The summed E-state index contributed by atoms with van der Waals surface area (Å²) in [6.07, 6.45) is 2.93. The number of hydrogen-bond acceptors (Lipinski definition) is 7. The highest BCUT2D eigenvalue weighted by molar-refractivity contribution is 6.46. The monoisotopic (exact) mass is 370 g/mol. The van der Waals surface area contributed by atoms with E-state index in [1.807, 2.05) is 19.0 Å². The van der Waals surface area contributed by atoms with Crippen molar-refractivity contribution in [1.82, 2.24) is 19.8 Å². The van der Waals surface area contributed by atoms with Crippen LogP contribution in [0.5, 0.6) is 0 Å². The zero-order valence-electron chi connectivity index (χ0n) is 15.8. The van der Waals surface area contributed by atoms with Crippen molar-refractivity contribution in [1.29, 1.82) is 0 Å². The van der Waals surface area contributed by atoms with Crippen molar-refractivity contribution < 1.29 is 19.1 Å². The van der Waals surface area contributed by atoms with E-state index >= 15 is 0 Å². The molecule has 1 atom stereocenters. The number of likely N-dealkylation sites (N-methyl/N-ethyl adjacent to an activating group) is 1. The third-order valence-corrected chi connectivity index (χ3v) is 4.50. The van der Waals surface area contributed by atoms with Crippen LogP contribution < -0.4 is 0 Å². The van der Waals surface area contributed by atoms with Crippen LogP contribution in [0.3, 0.4) is 0 Å². The molecule has 0 aromatic carbocycles. The van der Waals surface area contributed by atoms with Crippen LogP contribution in [0, 0.1) is 13.8 Å². The van der Waals surface area contributed by atoms with Gasteiger partial charge in [-0.3, -0.25) is 9.59 Å². The molecule has 0 spiro atoms. The number of nitrogens with zero attached hydrogens (tertiary/aromatic N) is 4. The minimum Gasteiger partial charge on any atom is -0.507 e. The smallest absolute Gasteiger partial charge is 0.295 e. The van der Waals surface area contributed by atoms with E-state index in [4.69, 9.17) is 4.42 Å². The SMILES string of the molecule is Cc1ncc(/C(O)=C2\C(=O)C(=O)N(CCN(C)C)[C@H]2c2ccco2)c(C)n1. The van der Waals surface area contributed by atoms with E-state index in [2.05, 4.69) is 9.97 Å². The third-order valence-electron chi connectivity index (χ3n) is 4.50. The van der Waals surface area contributed by atoms with Gasteiger partial charge < -0.3 is 19.3 Å². The van der Waals surface area contributed by atoms with Gasteiger partial charge in [0.2, 0.25) is 0 Å². The fourth-order valence-electron chi connectivity index (χ4n) is 3.12. The summed E-state index contributed by atoms with van der Waals surface area (Å²) < 4.78 is 5.48. The number of aryl methyl sites for hydroxylation is 2. The van der Waals surface area contributed by atoms with Crippen LogP contribution in [-0.2, 0) is 9.59 Å². The Bertz CT molecular complexity index is 902. The van der Waals surface area contributed by atoms with Crippen LogP contribution in [-0.4, -0.2) is 63.7 Å². The Morgan fingerprint density at radius 2 is 2.07 bits per heavy atom. The van der Waals surface area contributed by atoms with Crippen molar-refractivity contribution in [2.75, 3.05) is 27.2 Å². The van der Waals surface area contributed by atoms with E-state index in [0.29, 0.717) is 35.9 Å². The van der Waals surface area contributed by atoms with Crippen LogP contribution in [0.4, 0.5) is 0 Å². The maximum Gasteiger partial charge on any atom is 0.295 e. The predicted molar refractivity (Wildman–Crippen MR) is 97.8 cm³/mol. The summed E-state index contributed by atoms with van der Waals surface area (Å²) in [5.74, 6) is -0.726. The number of Topliss-reactive ketones (excluding diaryl/α,β-unsaturated/α-hetero) is 1. The van der Waals surface area contributed by atoms with E-state index in [0.717, 1.165) is 0 Å². The average molecular weight is 370 g/mol. The van der Waals surface area contributed by atoms with Gasteiger partial charge in [0.15, 0.2) is 0 Å². The summed E-state index contributed by atoms with van der Waals surface area (Å²) in [7, 11) is 3.76. The van der Waals surface area contributed by atoms with Gasteiger partial charge in [-0.05, 0) is 40.1 Å². The Morgan fingerprint density at radius 1 is 1.33 bits per heavy atom. The van der Waals surface area contributed by atoms with Crippen molar-refractivity contribution >= 4 is 17.4 Å². The van der Waals surface area contributed by atoms with Gasteiger partial charge in [0.1, 0.15) is 23.4 Å². The first-order valence-electron chi connectivity index (χ1n) is 8.58. The molecular weight excluding hydrogens is 348 g/mol. The molecule has 0 bridgehead atoms. The van der Waals surface area contributed by atoms with Crippen LogP contribution >= 0.6 is 0 Å². The first-order valence-corrected chi connectivity index (χ1v) is 8.58. The predicted octanol–water partition coefficient (Wildman–Crippen LogP) is 1.67. The maximum atomic E-state index is 12.8. The second-order valence-electron chi connectivity index (χ2n) is 6.73. The molecule has 0 saturated carbocycles. The molecular formula is C19H22N4O4. The van der Waals surface area contributed by atoms with Crippen molar-refractivity contribution in [2.24, 2.45) is 0 Å². The Kier molecular flexibility index (Phi) is 5.09. The highest BCUT2D eigenvalue weighted by atomic mass is 16.3. The minimum absolute atomic E-state index is 0.00995. The standard InChI is InChI=1S/C19H22N4O4/c1-11-13(10-20-12(2)21-11)17(24)15-16(14-6-5-9-27-14)23(8-7-22(3)4)19(26)18(15)25/h5-6,9-10,16,24H,7-8H2,1-4H3/b17-15+/t16-/m0/s1. The fourth-order valence-corrected chi connectivity index (χ4v) is 3.12. The van der Waals surface area contributed by atoms with E-state index in [1.54, 1.807) is 26.0 Å². The Hall–Kier alpha value is -3.00. The van der Waals surface area contributed by atoms with Crippen molar-refractivity contribution in [2.45, 2.75) is 19.9 Å². The highest BCUT2D eigenvalue weighted by Gasteiger charge is 2.47. The fraction of sp³-hybridized carbons (Fsp3) is 0.368. The molecule has 1 aliphatic rings. The van der Waals surface area contributed by atoms with Gasteiger partial charge >= 0.3 is 0 Å². The molecule has 1 N–H and O–H groups in total. The molecule has 0 radical (unpaired) electrons. The molecule has 3 rings (SSSR count). The summed E-state index contributed by atoms with van der Waals surface area (Å²) in [5, 5.41) is 10.9. The highest BCUT2D eigenvalue weighted by Crippen LogP contribution is 2.39. The number of aliphatic hydroxyl groups excluding tert-OH is 1. The van der Waals surface area contributed by atoms with E-state index in [1.165, 1.54) is 17.4 Å². The van der Waals surface area contributed by atoms with Gasteiger partial charge in [0, 0.05) is 19.3 Å². The number of hydrogen-bond donors (Lipinski definition) is 1. The molecule has 142 valence electrons. The van der Waals surface area contributed by atoms with Gasteiger partial charge in [-0.25, -0.2) is 9.97 Å². The normalized spacial score (nSPS) is 19.3. The number of furan rings is 1. The van der Waals surface area contributed by atoms with Gasteiger partial charge in [-0.1, -0.05) is 0 Å². The van der Waals surface area contributed by atoms with Crippen LogP contribution in [0.1, 0.15) is 28.9 Å². The Balaban J connectivity index is 2.13. The molecule has 2 aromatic rings. The van der Waals surface area contributed by atoms with Crippen LogP contribution in [0.2, 0.25) is 0 Å². The number of amides is 1. The molecule has 8 heteroatoms. The van der Waals surface area contributed by atoms with E-state index in [-0.39, 0.29) is 11.3 Å². The van der Waals surface area contributed by atoms with E-state index in [9.17, 15) is 14.7 Å². The number of aliphatic hydroxyl groups is 1. The molecule has 1 saturated heterocycles. The molecule has 3 heterocycles. The lowest BCUT2D eigenvalue weighted by Crippen LogP contribution is -2.35. The van der Waals surface area contributed by atoms with Crippen LogP contribution in [0.15, 0.2) is 34.6 Å². The summed E-state index contributed by atoms with van der Waals surface area (Å²) in [6.45, 7) is 4.34. The maximum absolute atomic E-state index is 12.8. The Labute approximate surface area is 157 Å². The summed E-state index contributed by atoms with van der Waals surface area (Å²) in [6, 6.07) is 2.58. The zero-order valence-corrected chi connectivity index (χ0v) is 15.8. The first-order chi connectivity index (χ1) is 12.8. The molecule has 1 fully saturated rings. The lowest BCUT2D eigenvalue weighted by Gasteiger charge is -2.24. The number of rotatable bonds is 5. The Morgan fingerprint density at radius 3 is 2.67 bits per heavy atom. The molecule has 1 amide bonds. The third kappa shape index (κ3) is 3.48. The minimum atomic E-state index is -0.791. The van der Waals surface area contributed by atoms with Crippen molar-refractivity contribution in [3.05, 3.63) is 53.0 Å². The first kappa shape index (κ1) is 18.8. The molecule has 0 aliphatic carbocycles. The lowest BCUT2D eigenvalue weighted by atomic mass is 9.99. The molecule has 0 unspecified atom stereocenters. The van der Waals surface area contributed by atoms with Gasteiger partial charge in [0.25, 0.3) is 11.7 Å². The topological polar surface area (TPSA) is 99.8 Å². The number of aromatic nitrogens is 2. The molecule has 8 nitrogen and oxygen atoms in total. The number of carbonyl (C=O) groups excluding carboxylic acids is 2. The quantitative estimate of drug-likeness (QED) is 0.485. The number of likely N-dealkylation sites (tertiary alicyclic amines) is 1. The summed E-state index contributed by atoms with van der Waals surface area (Å²) >= 11 is 0. The average Bonchev–Trinajstić information content (AvgIpc) is 3.20. The number of ketones is 1. The summed E-state index contributed by atoms with van der Waals surface area (Å²) in [4.78, 5) is 37.1. The van der Waals surface area contributed by atoms with Gasteiger partial charge in [-0.2, -0.15) is 0 Å². The second-order valence-corrected chi connectivity index (χ2v) is 6.73. The van der Waals surface area contributed by atoms with Gasteiger partial charge in [-0.15, -0.1) is 0 Å². The molecule has 1 aliphatic heterocycles. The van der Waals surface area contributed by atoms with Crippen molar-refractivity contribution in [3.8, 4) is 0 Å². The van der Waals surface area contributed by atoms with E-state index < -0.39 is 17.7 Å². The van der Waals surface area contributed by atoms with Crippen molar-refractivity contribution in [3.63, 3.8) is 0 Å². The summed E-state index contributed by atoms with van der Waals surface area (Å²) in [5.41, 5.74) is 0.838. The zero-order chi connectivity index (χ0) is 19.7. The largest absolute Gasteiger partial charge is 0.507 e. The number of carbonyl (C=O) groups is 2. The molecule has 2 aromatic heterocycles. The lowest BCUT2D eigenvalue weighted by molar-refractivity contribution is -0.140. The molecule has 27 heavy (non-hydrogen) atoms. The van der Waals surface area contributed by atoms with Crippen LogP contribution in [0.25, 0.3) is 5.76 Å². The second kappa shape index (κ2) is 7.32.